The van der Waals surface area contributed by atoms with Crippen LogP contribution < -0.4 is 0 Å². The minimum absolute atomic E-state index is 0.0270. The summed E-state index contributed by atoms with van der Waals surface area (Å²) in [5.74, 6) is -1.29. The fraction of sp³-hybridized carbons (Fsp3) is 0.133. The van der Waals surface area contributed by atoms with Gasteiger partial charge < -0.3 is 0 Å². The van der Waals surface area contributed by atoms with E-state index in [-0.39, 0.29) is 21.8 Å². The Hall–Kier alpha value is -2.01. The van der Waals surface area contributed by atoms with E-state index >= 15 is 0 Å². The van der Waals surface area contributed by atoms with Crippen LogP contribution in [-0.4, -0.2) is 14.2 Å². The quantitative estimate of drug-likeness (QED) is 0.749. The molecule has 0 aliphatic carbocycles. The Bertz CT molecular complexity index is 838. The van der Waals surface area contributed by atoms with Crippen molar-refractivity contribution in [2.45, 2.75) is 17.6 Å². The molecule has 0 atom stereocenters. The molecule has 1 aliphatic rings. The smallest absolute Gasteiger partial charge is 0.194 e. The first-order chi connectivity index (χ1) is 9.38. The molecule has 0 amide bonds. The number of rotatable bonds is 0. The van der Waals surface area contributed by atoms with Crippen LogP contribution >= 0.6 is 0 Å². The molecule has 0 radical (unpaired) electrons. The van der Waals surface area contributed by atoms with Crippen LogP contribution in [0.5, 0.6) is 0 Å². The maximum atomic E-state index is 13.3. The van der Waals surface area contributed by atoms with Gasteiger partial charge in [0.15, 0.2) is 15.6 Å². The fourth-order valence-electron chi connectivity index (χ4n) is 2.39. The van der Waals surface area contributed by atoms with Gasteiger partial charge >= 0.3 is 0 Å². The Morgan fingerprint density at radius 3 is 2.55 bits per heavy atom. The zero-order valence-electron chi connectivity index (χ0n) is 10.7. The van der Waals surface area contributed by atoms with Crippen molar-refractivity contribution in [3.05, 3.63) is 64.5 Å². The number of benzene rings is 2. The number of hydrogen-bond acceptors (Lipinski definition) is 3. The van der Waals surface area contributed by atoms with Crippen molar-refractivity contribution in [2.24, 2.45) is 0 Å². The van der Waals surface area contributed by atoms with E-state index in [1.54, 1.807) is 13.0 Å². The summed E-state index contributed by atoms with van der Waals surface area (Å²) in [5.41, 5.74) is 1.33. The van der Waals surface area contributed by atoms with E-state index in [2.05, 4.69) is 0 Å². The van der Waals surface area contributed by atoms with Gasteiger partial charge in [-0.25, -0.2) is 12.8 Å². The topological polar surface area (TPSA) is 51.2 Å². The molecule has 2 aromatic rings. The molecule has 20 heavy (non-hydrogen) atoms. The normalized spacial score (nSPS) is 16.2. The molecule has 0 spiro atoms. The van der Waals surface area contributed by atoms with Crippen molar-refractivity contribution in [2.75, 3.05) is 0 Å². The van der Waals surface area contributed by atoms with Gasteiger partial charge in [0, 0.05) is 11.1 Å². The predicted molar refractivity (Wildman–Crippen MR) is 71.9 cm³/mol. The molecule has 0 bridgehead atoms. The van der Waals surface area contributed by atoms with Gasteiger partial charge in [-0.3, -0.25) is 4.79 Å². The number of fused-ring (bicyclic) bond motifs is 2. The molecule has 3 rings (SSSR count). The highest BCUT2D eigenvalue weighted by atomic mass is 32.2. The fourth-order valence-corrected chi connectivity index (χ4v) is 4.07. The Morgan fingerprint density at radius 1 is 1.05 bits per heavy atom. The lowest BCUT2D eigenvalue weighted by atomic mass is 9.98. The molecule has 0 unspecified atom stereocenters. The van der Waals surface area contributed by atoms with Crippen LogP contribution in [0.3, 0.4) is 0 Å². The zero-order chi connectivity index (χ0) is 14.5. The predicted octanol–water partition coefficient (Wildman–Crippen LogP) is 2.65. The Morgan fingerprint density at radius 2 is 1.80 bits per heavy atom. The van der Waals surface area contributed by atoms with E-state index in [0.29, 0.717) is 5.56 Å². The third-order valence-corrected chi connectivity index (χ3v) is 5.08. The number of aryl methyl sites for hydroxylation is 1. The van der Waals surface area contributed by atoms with Gasteiger partial charge in [0.05, 0.1) is 10.6 Å². The molecular weight excluding hydrogens is 279 g/mol. The highest BCUT2D eigenvalue weighted by molar-refractivity contribution is 7.90. The first-order valence-electron chi connectivity index (χ1n) is 6.05. The maximum Gasteiger partial charge on any atom is 0.194 e. The summed E-state index contributed by atoms with van der Waals surface area (Å²) < 4.78 is 38.1. The van der Waals surface area contributed by atoms with Gasteiger partial charge in [0.2, 0.25) is 0 Å². The van der Waals surface area contributed by atoms with Crippen LogP contribution in [0.15, 0.2) is 41.3 Å². The number of hydrogen-bond donors (Lipinski definition) is 0. The molecule has 0 fully saturated rings. The Kier molecular flexibility index (Phi) is 2.76. The van der Waals surface area contributed by atoms with Crippen LogP contribution in [0.25, 0.3) is 0 Å². The molecule has 1 aliphatic heterocycles. The highest BCUT2D eigenvalue weighted by Gasteiger charge is 2.30. The first-order valence-corrected chi connectivity index (χ1v) is 7.70. The van der Waals surface area contributed by atoms with Crippen molar-refractivity contribution in [3.8, 4) is 0 Å². The first kappa shape index (κ1) is 13.0. The van der Waals surface area contributed by atoms with Crippen LogP contribution in [0.1, 0.15) is 27.0 Å². The van der Waals surface area contributed by atoms with E-state index in [1.807, 2.05) is 0 Å². The highest BCUT2D eigenvalue weighted by Crippen LogP contribution is 2.30. The van der Waals surface area contributed by atoms with Gasteiger partial charge in [-0.1, -0.05) is 12.1 Å². The zero-order valence-corrected chi connectivity index (χ0v) is 11.5. The Balaban J connectivity index is 2.37. The van der Waals surface area contributed by atoms with Gasteiger partial charge in [0.1, 0.15) is 5.82 Å². The second-order valence-electron chi connectivity index (χ2n) is 4.89. The van der Waals surface area contributed by atoms with Crippen molar-refractivity contribution < 1.29 is 17.6 Å². The molecule has 3 nitrogen and oxygen atoms in total. The van der Waals surface area contributed by atoms with Gasteiger partial charge in [-0.15, -0.1) is 0 Å². The van der Waals surface area contributed by atoms with Crippen molar-refractivity contribution in [1.29, 1.82) is 0 Å². The lowest BCUT2D eigenvalue weighted by Gasteiger charge is -2.05. The maximum absolute atomic E-state index is 13.3. The molecule has 0 saturated heterocycles. The van der Waals surface area contributed by atoms with Crippen molar-refractivity contribution >= 4 is 15.6 Å². The van der Waals surface area contributed by atoms with Crippen LogP contribution in [0, 0.1) is 12.7 Å². The second-order valence-corrected chi connectivity index (χ2v) is 6.85. The SMILES string of the molecule is Cc1ccc2c(c1)S(=O)(=O)Cc1ccc(F)cc1C2=O. The van der Waals surface area contributed by atoms with Gasteiger partial charge in [-0.05, 0) is 42.3 Å². The molecule has 1 heterocycles. The molecule has 102 valence electrons. The number of ketones is 1. The Labute approximate surface area is 116 Å². The van der Waals surface area contributed by atoms with Crippen molar-refractivity contribution in [1.82, 2.24) is 0 Å². The van der Waals surface area contributed by atoms with Gasteiger partial charge in [-0.2, -0.15) is 0 Å². The molecule has 0 saturated carbocycles. The van der Waals surface area contributed by atoms with Crippen molar-refractivity contribution in [3.63, 3.8) is 0 Å². The summed E-state index contributed by atoms with van der Waals surface area (Å²) in [4.78, 5) is 12.5. The third kappa shape index (κ3) is 1.94. The monoisotopic (exact) mass is 290 g/mol. The van der Waals surface area contributed by atoms with E-state index in [4.69, 9.17) is 0 Å². The molecular formula is C15H11FO3S. The molecule has 0 N–H and O–H groups in total. The largest absolute Gasteiger partial charge is 0.289 e. The van der Waals surface area contributed by atoms with E-state index in [1.165, 1.54) is 24.3 Å². The minimum atomic E-state index is -3.60. The third-order valence-electron chi connectivity index (χ3n) is 3.38. The molecule has 0 aromatic heterocycles. The minimum Gasteiger partial charge on any atom is -0.289 e. The van der Waals surface area contributed by atoms with Gasteiger partial charge in [0.25, 0.3) is 0 Å². The lowest BCUT2D eigenvalue weighted by molar-refractivity contribution is 0.103. The van der Waals surface area contributed by atoms with Crippen LogP contribution in [0.4, 0.5) is 4.39 Å². The van der Waals surface area contributed by atoms with E-state index in [0.717, 1.165) is 11.6 Å². The van der Waals surface area contributed by atoms with E-state index in [9.17, 15) is 17.6 Å². The number of sulfone groups is 1. The molecule has 5 heteroatoms. The van der Waals surface area contributed by atoms with E-state index < -0.39 is 21.4 Å². The number of halogens is 1. The summed E-state index contributed by atoms with van der Waals surface area (Å²) in [7, 11) is -3.60. The summed E-state index contributed by atoms with van der Waals surface area (Å²) >= 11 is 0. The summed E-state index contributed by atoms with van der Waals surface area (Å²) in [6.07, 6.45) is 0. The van der Waals surface area contributed by atoms with Crippen LogP contribution in [-0.2, 0) is 15.6 Å². The summed E-state index contributed by atoms with van der Waals surface area (Å²) in [6, 6.07) is 8.29. The van der Waals surface area contributed by atoms with Crippen LogP contribution in [0.2, 0.25) is 0 Å². The number of carbonyl (C=O) groups excluding carboxylic acids is 1. The lowest BCUT2D eigenvalue weighted by Crippen LogP contribution is -2.06. The summed E-state index contributed by atoms with van der Waals surface area (Å²) in [6.45, 7) is 1.76. The second kappa shape index (κ2) is 4.24. The summed E-state index contributed by atoms with van der Waals surface area (Å²) in [5, 5.41) is 0. The average Bonchev–Trinajstić information content (AvgIpc) is 2.46. The number of carbonyl (C=O) groups is 1. The standard InChI is InChI=1S/C15H11FO3S/c1-9-2-5-12-14(6-9)20(18,19)8-10-3-4-11(16)7-13(10)15(12)17/h2-7H,8H2,1H3. The average molecular weight is 290 g/mol. The molecule has 2 aromatic carbocycles.